The lowest BCUT2D eigenvalue weighted by Crippen LogP contribution is -2.38. The third-order valence-electron chi connectivity index (χ3n) is 3.56. The van der Waals surface area contributed by atoms with Crippen LogP contribution < -0.4 is 4.90 Å². The van der Waals surface area contributed by atoms with E-state index in [4.69, 9.17) is 16.3 Å². The van der Waals surface area contributed by atoms with Gasteiger partial charge in [-0.1, -0.05) is 0 Å². The maximum absolute atomic E-state index is 5.71. The molecule has 1 aliphatic heterocycles. The molecule has 0 aromatic carbocycles. The standard InChI is InChI=1S/C13H18ClN5O/c1-10-8-12(19-13(17-10)15-9-16-19)18-5-2-11(3-6-18)20-7-4-14/h8-9,11H,2-7H2,1H3. The fourth-order valence-electron chi connectivity index (χ4n) is 2.60. The highest BCUT2D eigenvalue weighted by Crippen LogP contribution is 2.22. The number of hydrogen-bond donors (Lipinski definition) is 0. The van der Waals surface area contributed by atoms with Crippen LogP contribution in [0, 0.1) is 6.92 Å². The molecular weight excluding hydrogens is 278 g/mol. The Kier molecular flexibility index (Phi) is 4.03. The Bertz CT molecular complexity index is 579. The first-order valence-corrected chi connectivity index (χ1v) is 7.41. The van der Waals surface area contributed by atoms with E-state index in [1.165, 1.54) is 0 Å². The maximum Gasteiger partial charge on any atom is 0.254 e. The molecule has 0 atom stereocenters. The van der Waals surface area contributed by atoms with Gasteiger partial charge in [-0.2, -0.15) is 14.6 Å². The van der Waals surface area contributed by atoms with Crippen LogP contribution in [0.1, 0.15) is 18.5 Å². The van der Waals surface area contributed by atoms with Gasteiger partial charge in [-0.15, -0.1) is 11.6 Å². The molecule has 0 saturated carbocycles. The number of hydrogen-bond acceptors (Lipinski definition) is 5. The van der Waals surface area contributed by atoms with Gasteiger partial charge in [-0.05, 0) is 19.8 Å². The third-order valence-corrected chi connectivity index (χ3v) is 3.71. The number of anilines is 1. The Hall–Kier alpha value is -1.40. The van der Waals surface area contributed by atoms with E-state index in [9.17, 15) is 0 Å². The topological polar surface area (TPSA) is 55.6 Å². The molecule has 0 amide bonds. The van der Waals surface area contributed by atoms with Gasteiger partial charge in [0.05, 0.1) is 12.7 Å². The normalized spacial score (nSPS) is 17.0. The number of halogens is 1. The van der Waals surface area contributed by atoms with Crippen molar-refractivity contribution in [3.63, 3.8) is 0 Å². The monoisotopic (exact) mass is 295 g/mol. The second kappa shape index (κ2) is 5.93. The summed E-state index contributed by atoms with van der Waals surface area (Å²) < 4.78 is 7.51. The van der Waals surface area contributed by atoms with E-state index in [1.54, 1.807) is 10.8 Å². The molecule has 3 heterocycles. The maximum atomic E-state index is 5.71. The van der Waals surface area contributed by atoms with Gasteiger partial charge in [0.15, 0.2) is 0 Å². The summed E-state index contributed by atoms with van der Waals surface area (Å²) in [4.78, 5) is 10.9. The first-order chi connectivity index (χ1) is 9.78. The van der Waals surface area contributed by atoms with Crippen molar-refractivity contribution in [2.45, 2.75) is 25.9 Å². The molecule has 108 valence electrons. The van der Waals surface area contributed by atoms with Crippen molar-refractivity contribution in [3.05, 3.63) is 18.1 Å². The minimum absolute atomic E-state index is 0.319. The minimum Gasteiger partial charge on any atom is -0.377 e. The summed E-state index contributed by atoms with van der Waals surface area (Å²) >= 11 is 5.65. The van der Waals surface area contributed by atoms with Crippen LogP contribution in [0.2, 0.25) is 0 Å². The van der Waals surface area contributed by atoms with Crippen molar-refractivity contribution in [1.29, 1.82) is 0 Å². The van der Waals surface area contributed by atoms with Crippen molar-refractivity contribution >= 4 is 23.2 Å². The van der Waals surface area contributed by atoms with Crippen LogP contribution in [0.4, 0.5) is 5.82 Å². The molecule has 2 aromatic rings. The first kappa shape index (κ1) is 13.6. The number of aromatic nitrogens is 4. The molecular formula is C13H18ClN5O. The highest BCUT2D eigenvalue weighted by Gasteiger charge is 2.22. The van der Waals surface area contributed by atoms with Gasteiger partial charge in [-0.3, -0.25) is 0 Å². The molecule has 1 saturated heterocycles. The third kappa shape index (κ3) is 2.71. The van der Waals surface area contributed by atoms with Crippen LogP contribution in [0.25, 0.3) is 5.78 Å². The predicted octanol–water partition coefficient (Wildman–Crippen LogP) is 1.66. The lowest BCUT2D eigenvalue weighted by molar-refractivity contribution is 0.0470. The van der Waals surface area contributed by atoms with Gasteiger partial charge in [-0.25, -0.2) is 4.98 Å². The fraction of sp³-hybridized carbons (Fsp3) is 0.615. The van der Waals surface area contributed by atoms with E-state index < -0.39 is 0 Å². The molecule has 0 spiro atoms. The zero-order chi connectivity index (χ0) is 13.9. The molecule has 7 heteroatoms. The number of aryl methyl sites for hydroxylation is 1. The van der Waals surface area contributed by atoms with E-state index in [0.717, 1.165) is 37.4 Å². The second-order valence-corrected chi connectivity index (χ2v) is 5.35. The Balaban J connectivity index is 1.75. The zero-order valence-electron chi connectivity index (χ0n) is 11.5. The Labute approximate surface area is 122 Å². The van der Waals surface area contributed by atoms with Gasteiger partial charge in [0.25, 0.3) is 5.78 Å². The summed E-state index contributed by atoms with van der Waals surface area (Å²) in [5, 5.41) is 4.26. The second-order valence-electron chi connectivity index (χ2n) is 4.97. The number of nitrogens with zero attached hydrogens (tertiary/aromatic N) is 5. The number of piperidine rings is 1. The molecule has 1 aliphatic rings. The molecule has 0 bridgehead atoms. The smallest absolute Gasteiger partial charge is 0.254 e. The largest absolute Gasteiger partial charge is 0.377 e. The molecule has 0 N–H and O–H groups in total. The van der Waals surface area contributed by atoms with E-state index in [1.807, 2.05) is 6.92 Å². The molecule has 2 aromatic heterocycles. The highest BCUT2D eigenvalue weighted by atomic mass is 35.5. The minimum atomic E-state index is 0.319. The first-order valence-electron chi connectivity index (χ1n) is 6.88. The van der Waals surface area contributed by atoms with Crippen LogP contribution >= 0.6 is 11.6 Å². The molecule has 0 aliphatic carbocycles. The van der Waals surface area contributed by atoms with Gasteiger partial charge in [0, 0.05) is 30.7 Å². The summed E-state index contributed by atoms with van der Waals surface area (Å²) in [6.07, 6.45) is 3.88. The summed E-state index contributed by atoms with van der Waals surface area (Å²) in [7, 11) is 0. The van der Waals surface area contributed by atoms with Crippen LogP contribution in [-0.2, 0) is 4.74 Å². The molecule has 1 fully saturated rings. The molecule has 20 heavy (non-hydrogen) atoms. The lowest BCUT2D eigenvalue weighted by Gasteiger charge is -2.33. The predicted molar refractivity (Wildman–Crippen MR) is 77.4 cm³/mol. The molecule has 0 unspecified atom stereocenters. The van der Waals surface area contributed by atoms with E-state index >= 15 is 0 Å². The van der Waals surface area contributed by atoms with Crippen molar-refractivity contribution < 1.29 is 4.74 Å². The average molecular weight is 296 g/mol. The average Bonchev–Trinajstić information content (AvgIpc) is 2.93. The highest BCUT2D eigenvalue weighted by molar-refractivity contribution is 6.17. The molecule has 6 nitrogen and oxygen atoms in total. The summed E-state index contributed by atoms with van der Waals surface area (Å²) in [6.45, 7) is 4.51. The van der Waals surface area contributed by atoms with Crippen LogP contribution in [0.5, 0.6) is 0 Å². The number of alkyl halides is 1. The van der Waals surface area contributed by atoms with E-state index in [0.29, 0.717) is 24.4 Å². The fourth-order valence-corrected chi connectivity index (χ4v) is 2.69. The van der Waals surface area contributed by atoms with Crippen LogP contribution in [0.15, 0.2) is 12.4 Å². The Morgan fingerprint density at radius 3 is 2.95 bits per heavy atom. The van der Waals surface area contributed by atoms with Gasteiger partial charge in [0.2, 0.25) is 0 Å². The van der Waals surface area contributed by atoms with Crippen molar-refractivity contribution in [2.24, 2.45) is 0 Å². The SMILES string of the molecule is Cc1cc(N2CCC(OCCCl)CC2)n2ncnc2n1. The Morgan fingerprint density at radius 2 is 2.20 bits per heavy atom. The molecule has 3 rings (SSSR count). The van der Waals surface area contributed by atoms with E-state index in [2.05, 4.69) is 26.0 Å². The van der Waals surface area contributed by atoms with Crippen LogP contribution in [-0.4, -0.2) is 51.3 Å². The van der Waals surface area contributed by atoms with Gasteiger partial charge >= 0.3 is 0 Å². The quantitative estimate of drug-likeness (QED) is 0.803. The van der Waals surface area contributed by atoms with Crippen molar-refractivity contribution in [1.82, 2.24) is 19.6 Å². The summed E-state index contributed by atoms with van der Waals surface area (Å²) in [6, 6.07) is 2.06. The van der Waals surface area contributed by atoms with Gasteiger partial charge < -0.3 is 9.64 Å². The zero-order valence-corrected chi connectivity index (χ0v) is 12.3. The Morgan fingerprint density at radius 1 is 1.40 bits per heavy atom. The van der Waals surface area contributed by atoms with Crippen molar-refractivity contribution in [3.8, 4) is 0 Å². The van der Waals surface area contributed by atoms with Crippen LogP contribution in [0.3, 0.4) is 0 Å². The number of fused-ring (bicyclic) bond motifs is 1. The summed E-state index contributed by atoms with van der Waals surface area (Å²) in [5.74, 6) is 2.27. The number of rotatable bonds is 4. The summed E-state index contributed by atoms with van der Waals surface area (Å²) in [5.41, 5.74) is 0.959. The number of ether oxygens (including phenoxy) is 1. The van der Waals surface area contributed by atoms with E-state index in [-0.39, 0.29) is 0 Å². The van der Waals surface area contributed by atoms with Gasteiger partial charge in [0.1, 0.15) is 12.1 Å². The lowest BCUT2D eigenvalue weighted by atomic mass is 10.1. The van der Waals surface area contributed by atoms with Crippen molar-refractivity contribution in [2.75, 3.05) is 30.5 Å². The molecule has 0 radical (unpaired) electrons.